The first-order valence-corrected chi connectivity index (χ1v) is 5.73. The van der Waals surface area contributed by atoms with Crippen molar-refractivity contribution in [1.82, 2.24) is 4.98 Å². The van der Waals surface area contributed by atoms with E-state index in [0.29, 0.717) is 5.69 Å². The lowest BCUT2D eigenvalue weighted by Gasteiger charge is -2.26. The summed E-state index contributed by atoms with van der Waals surface area (Å²) in [5.41, 5.74) is 0.333. The lowest BCUT2D eigenvalue weighted by molar-refractivity contribution is 0.310. The van der Waals surface area contributed by atoms with Gasteiger partial charge in [-0.15, -0.1) is 0 Å². The monoisotopic (exact) mass is 213 g/mol. The van der Waals surface area contributed by atoms with Crippen LogP contribution in [0.25, 0.3) is 0 Å². The molecule has 0 aliphatic rings. The van der Waals surface area contributed by atoms with Crippen LogP contribution in [0.3, 0.4) is 0 Å². The standard InChI is InChI=1S/C12H20FNO/c1-4-6-8-12(3,7-5-2)10-11(13)15-9-14-10/h9H,4-8H2,1-3H3. The van der Waals surface area contributed by atoms with E-state index < -0.39 is 6.01 Å². The molecule has 1 aromatic heterocycles. The molecule has 3 heteroatoms. The van der Waals surface area contributed by atoms with Crippen molar-refractivity contribution in [2.24, 2.45) is 0 Å². The minimum atomic E-state index is -0.512. The van der Waals surface area contributed by atoms with Gasteiger partial charge in [0.2, 0.25) is 0 Å². The second kappa shape index (κ2) is 5.29. The van der Waals surface area contributed by atoms with Crippen molar-refractivity contribution in [3.63, 3.8) is 0 Å². The normalized spacial score (nSPS) is 15.2. The Morgan fingerprint density at radius 1 is 1.33 bits per heavy atom. The number of unbranched alkanes of at least 4 members (excludes halogenated alkanes) is 1. The summed E-state index contributed by atoms with van der Waals surface area (Å²) in [6, 6.07) is -0.512. The highest BCUT2D eigenvalue weighted by molar-refractivity contribution is 5.11. The van der Waals surface area contributed by atoms with Gasteiger partial charge in [-0.1, -0.05) is 40.0 Å². The fourth-order valence-corrected chi connectivity index (χ4v) is 2.11. The van der Waals surface area contributed by atoms with Crippen LogP contribution in [0.1, 0.15) is 58.6 Å². The molecule has 0 bridgehead atoms. The zero-order valence-corrected chi connectivity index (χ0v) is 9.85. The average Bonchev–Trinajstić information content (AvgIpc) is 2.62. The number of halogens is 1. The number of aromatic nitrogens is 1. The van der Waals surface area contributed by atoms with Crippen molar-refractivity contribution in [1.29, 1.82) is 0 Å². The van der Waals surface area contributed by atoms with Crippen molar-refractivity contribution in [2.75, 3.05) is 0 Å². The van der Waals surface area contributed by atoms with Gasteiger partial charge in [0.15, 0.2) is 6.39 Å². The third-order valence-electron chi connectivity index (χ3n) is 2.98. The molecule has 0 spiro atoms. The molecular formula is C12H20FNO. The second-order valence-corrected chi connectivity index (χ2v) is 4.39. The van der Waals surface area contributed by atoms with Gasteiger partial charge in [-0.3, -0.25) is 0 Å². The van der Waals surface area contributed by atoms with Gasteiger partial charge in [0, 0.05) is 5.41 Å². The summed E-state index contributed by atoms with van der Waals surface area (Å²) in [5.74, 6) is 0. The van der Waals surface area contributed by atoms with Gasteiger partial charge in [-0.2, -0.15) is 4.39 Å². The van der Waals surface area contributed by atoms with E-state index >= 15 is 0 Å². The molecule has 1 heterocycles. The summed E-state index contributed by atoms with van der Waals surface area (Å²) in [6.45, 7) is 6.33. The Balaban J connectivity index is 2.85. The average molecular weight is 213 g/mol. The third kappa shape index (κ3) is 2.80. The van der Waals surface area contributed by atoms with Crippen molar-refractivity contribution < 1.29 is 8.81 Å². The quantitative estimate of drug-likeness (QED) is 0.712. The highest BCUT2D eigenvalue weighted by atomic mass is 19.1. The van der Waals surface area contributed by atoms with Crippen molar-refractivity contribution >= 4 is 0 Å². The Morgan fingerprint density at radius 3 is 2.53 bits per heavy atom. The molecule has 0 saturated heterocycles. The third-order valence-corrected chi connectivity index (χ3v) is 2.98. The molecular weight excluding hydrogens is 193 g/mol. The Morgan fingerprint density at radius 2 is 2.07 bits per heavy atom. The van der Waals surface area contributed by atoms with Crippen molar-refractivity contribution in [2.45, 2.75) is 58.3 Å². The number of nitrogens with zero attached hydrogens (tertiary/aromatic N) is 1. The van der Waals surface area contributed by atoms with Crippen LogP contribution in [0, 0.1) is 6.01 Å². The Kier molecular flexibility index (Phi) is 4.30. The molecule has 1 unspecified atom stereocenters. The van der Waals surface area contributed by atoms with E-state index in [0.717, 1.165) is 32.1 Å². The van der Waals surface area contributed by atoms with Crippen LogP contribution in [0.5, 0.6) is 0 Å². The Hall–Kier alpha value is -0.860. The Labute approximate surface area is 90.9 Å². The molecule has 15 heavy (non-hydrogen) atoms. The first-order valence-electron chi connectivity index (χ1n) is 5.73. The number of rotatable bonds is 6. The highest BCUT2D eigenvalue weighted by Gasteiger charge is 2.31. The molecule has 0 amide bonds. The van der Waals surface area contributed by atoms with E-state index in [1.165, 1.54) is 6.39 Å². The first kappa shape index (κ1) is 12.2. The fraction of sp³-hybridized carbons (Fsp3) is 0.750. The Bertz CT molecular complexity index is 298. The molecule has 86 valence electrons. The van der Waals surface area contributed by atoms with Crippen molar-refractivity contribution in [3.05, 3.63) is 18.1 Å². The maximum atomic E-state index is 13.4. The maximum Gasteiger partial charge on any atom is 0.301 e. The SMILES string of the molecule is CCCCC(C)(CCC)c1ncoc1F. The first-order chi connectivity index (χ1) is 7.14. The van der Waals surface area contributed by atoms with Crippen LogP contribution in [-0.2, 0) is 5.41 Å². The molecule has 0 fully saturated rings. The van der Waals surface area contributed by atoms with Gasteiger partial charge in [0.25, 0.3) is 0 Å². The summed E-state index contributed by atoms with van der Waals surface area (Å²) in [6.07, 6.45) is 6.38. The van der Waals surface area contributed by atoms with Crippen LogP contribution < -0.4 is 0 Å². The van der Waals surface area contributed by atoms with E-state index in [9.17, 15) is 4.39 Å². The van der Waals surface area contributed by atoms with E-state index in [1.807, 2.05) is 0 Å². The molecule has 0 aliphatic carbocycles. The van der Waals surface area contributed by atoms with Gasteiger partial charge >= 0.3 is 6.01 Å². The molecule has 0 aliphatic heterocycles. The summed E-state index contributed by atoms with van der Waals surface area (Å²) >= 11 is 0. The zero-order chi connectivity index (χ0) is 11.3. The number of hydrogen-bond acceptors (Lipinski definition) is 2. The van der Waals surface area contributed by atoms with E-state index in [2.05, 4.69) is 30.2 Å². The summed E-state index contributed by atoms with van der Waals surface area (Å²) in [4.78, 5) is 4.02. The molecule has 0 radical (unpaired) electrons. The molecule has 2 nitrogen and oxygen atoms in total. The molecule has 0 aromatic carbocycles. The topological polar surface area (TPSA) is 26.0 Å². The van der Waals surface area contributed by atoms with Crippen LogP contribution in [-0.4, -0.2) is 4.98 Å². The van der Waals surface area contributed by atoms with E-state index in [1.54, 1.807) is 0 Å². The zero-order valence-electron chi connectivity index (χ0n) is 9.85. The predicted octanol–water partition coefficient (Wildman–Crippen LogP) is 4.06. The maximum absolute atomic E-state index is 13.4. The fourth-order valence-electron chi connectivity index (χ4n) is 2.11. The van der Waals surface area contributed by atoms with Crippen LogP contribution >= 0.6 is 0 Å². The molecule has 1 atom stereocenters. The number of oxazole rings is 1. The van der Waals surface area contributed by atoms with Crippen molar-refractivity contribution in [3.8, 4) is 0 Å². The van der Waals surface area contributed by atoms with Crippen LogP contribution in [0.4, 0.5) is 4.39 Å². The minimum Gasteiger partial charge on any atom is -0.418 e. The highest BCUT2D eigenvalue weighted by Crippen LogP contribution is 2.34. The lowest BCUT2D eigenvalue weighted by Crippen LogP contribution is -2.23. The predicted molar refractivity (Wildman–Crippen MR) is 58.2 cm³/mol. The summed E-state index contributed by atoms with van der Waals surface area (Å²) in [7, 11) is 0. The van der Waals surface area contributed by atoms with Gasteiger partial charge in [0.1, 0.15) is 5.69 Å². The van der Waals surface area contributed by atoms with Crippen LogP contribution in [0.2, 0.25) is 0 Å². The lowest BCUT2D eigenvalue weighted by atomic mass is 9.78. The number of hydrogen-bond donors (Lipinski definition) is 0. The summed E-state index contributed by atoms with van der Waals surface area (Å²) in [5, 5.41) is 0. The van der Waals surface area contributed by atoms with E-state index in [-0.39, 0.29) is 5.41 Å². The van der Waals surface area contributed by atoms with E-state index in [4.69, 9.17) is 0 Å². The molecule has 1 rings (SSSR count). The van der Waals surface area contributed by atoms with Gasteiger partial charge in [-0.05, 0) is 12.8 Å². The smallest absolute Gasteiger partial charge is 0.301 e. The molecule has 0 N–H and O–H groups in total. The van der Waals surface area contributed by atoms with Crippen LogP contribution in [0.15, 0.2) is 10.8 Å². The van der Waals surface area contributed by atoms with Gasteiger partial charge < -0.3 is 4.42 Å². The van der Waals surface area contributed by atoms with Gasteiger partial charge in [-0.25, -0.2) is 4.98 Å². The molecule has 1 aromatic rings. The van der Waals surface area contributed by atoms with Gasteiger partial charge in [0.05, 0.1) is 0 Å². The second-order valence-electron chi connectivity index (χ2n) is 4.39. The minimum absolute atomic E-state index is 0.165. The largest absolute Gasteiger partial charge is 0.418 e. The summed E-state index contributed by atoms with van der Waals surface area (Å²) < 4.78 is 18.0. The molecule has 0 saturated carbocycles.